The number of rotatable bonds is 6. The Hall–Kier alpha value is -2.33. The fourth-order valence-electron chi connectivity index (χ4n) is 3.17. The minimum atomic E-state index is -0.783. The van der Waals surface area contributed by atoms with E-state index in [1.54, 1.807) is 0 Å². The Morgan fingerprint density at radius 3 is 2.29 bits per heavy atom. The molecule has 0 spiro atoms. The normalized spacial score (nSPS) is 16.5. The third kappa shape index (κ3) is 4.15. The first kappa shape index (κ1) is 16.5. The van der Waals surface area contributed by atoms with Gasteiger partial charge >= 0.3 is 5.97 Å². The van der Waals surface area contributed by atoms with E-state index in [2.05, 4.69) is 4.90 Å². The summed E-state index contributed by atoms with van der Waals surface area (Å²) >= 11 is 0. The fourth-order valence-corrected chi connectivity index (χ4v) is 3.17. The van der Waals surface area contributed by atoms with Gasteiger partial charge in [0.2, 0.25) is 0 Å². The van der Waals surface area contributed by atoms with E-state index in [1.807, 2.05) is 54.6 Å². The summed E-state index contributed by atoms with van der Waals surface area (Å²) in [4.78, 5) is 13.8. The van der Waals surface area contributed by atoms with Gasteiger partial charge in [-0.05, 0) is 49.2 Å². The number of benzene rings is 2. The molecule has 2 aromatic rings. The number of likely N-dealkylation sites (tertiary alicyclic amines) is 1. The number of carboxylic acids is 1. The quantitative estimate of drug-likeness (QED) is 0.876. The van der Waals surface area contributed by atoms with Crippen LogP contribution >= 0.6 is 0 Å². The van der Waals surface area contributed by atoms with Crippen LogP contribution in [0.25, 0.3) is 0 Å². The van der Waals surface area contributed by atoms with E-state index in [0.717, 1.165) is 42.8 Å². The van der Waals surface area contributed by atoms with Gasteiger partial charge < -0.3 is 9.84 Å². The van der Waals surface area contributed by atoms with Gasteiger partial charge in [0.1, 0.15) is 18.4 Å². The molecular weight excluding hydrogens is 302 g/mol. The van der Waals surface area contributed by atoms with E-state index in [4.69, 9.17) is 4.74 Å². The molecule has 1 saturated heterocycles. The predicted molar refractivity (Wildman–Crippen MR) is 93.0 cm³/mol. The number of aliphatic carboxylic acids is 1. The smallest absolute Gasteiger partial charge is 0.325 e. The second kappa shape index (κ2) is 7.97. The van der Waals surface area contributed by atoms with Crippen molar-refractivity contribution in [3.8, 4) is 5.75 Å². The van der Waals surface area contributed by atoms with E-state index in [9.17, 15) is 9.90 Å². The lowest BCUT2D eigenvalue weighted by Crippen LogP contribution is -2.37. The molecule has 24 heavy (non-hydrogen) atoms. The van der Waals surface area contributed by atoms with E-state index in [1.165, 1.54) is 6.42 Å². The number of ether oxygens (including phenoxy) is 1. The Labute approximate surface area is 142 Å². The van der Waals surface area contributed by atoms with Crippen LogP contribution in [-0.4, -0.2) is 29.1 Å². The maximum absolute atomic E-state index is 11.7. The summed E-state index contributed by atoms with van der Waals surface area (Å²) < 4.78 is 5.77. The van der Waals surface area contributed by atoms with Gasteiger partial charge in [-0.1, -0.05) is 48.9 Å². The highest BCUT2D eigenvalue weighted by molar-refractivity contribution is 5.75. The molecule has 0 saturated carbocycles. The highest BCUT2D eigenvalue weighted by Crippen LogP contribution is 2.26. The number of hydrogen-bond acceptors (Lipinski definition) is 3. The predicted octanol–water partition coefficient (Wildman–Crippen LogP) is 3.88. The largest absolute Gasteiger partial charge is 0.489 e. The molecule has 1 atom stereocenters. The van der Waals surface area contributed by atoms with Crippen molar-refractivity contribution in [3.05, 3.63) is 65.7 Å². The fraction of sp³-hybridized carbons (Fsp3) is 0.350. The van der Waals surface area contributed by atoms with Crippen LogP contribution in [0, 0.1) is 0 Å². The molecule has 0 aliphatic carbocycles. The molecule has 1 heterocycles. The first-order chi connectivity index (χ1) is 11.7. The minimum Gasteiger partial charge on any atom is -0.489 e. The number of carbonyl (C=O) groups is 1. The Morgan fingerprint density at radius 2 is 1.67 bits per heavy atom. The highest BCUT2D eigenvalue weighted by Gasteiger charge is 2.28. The highest BCUT2D eigenvalue weighted by atomic mass is 16.5. The van der Waals surface area contributed by atoms with Crippen molar-refractivity contribution >= 4 is 5.97 Å². The first-order valence-corrected chi connectivity index (χ1v) is 8.47. The first-order valence-electron chi connectivity index (χ1n) is 8.47. The molecule has 126 valence electrons. The van der Waals surface area contributed by atoms with Crippen molar-refractivity contribution in [1.82, 2.24) is 4.90 Å². The molecule has 1 unspecified atom stereocenters. The third-order valence-corrected chi connectivity index (χ3v) is 4.43. The number of piperidine rings is 1. The summed E-state index contributed by atoms with van der Waals surface area (Å²) in [5, 5.41) is 9.63. The molecule has 0 radical (unpaired) electrons. The van der Waals surface area contributed by atoms with Crippen molar-refractivity contribution in [3.63, 3.8) is 0 Å². The van der Waals surface area contributed by atoms with Gasteiger partial charge in [-0.15, -0.1) is 0 Å². The average molecular weight is 325 g/mol. The summed E-state index contributed by atoms with van der Waals surface area (Å²) in [7, 11) is 0. The Balaban J connectivity index is 1.66. The van der Waals surface area contributed by atoms with Crippen LogP contribution in [0.2, 0.25) is 0 Å². The molecule has 4 heteroatoms. The molecule has 0 amide bonds. The van der Waals surface area contributed by atoms with Crippen LogP contribution in [0.3, 0.4) is 0 Å². The van der Waals surface area contributed by atoms with Crippen LogP contribution in [0.15, 0.2) is 54.6 Å². The summed E-state index contributed by atoms with van der Waals surface area (Å²) in [5.41, 5.74) is 1.93. The van der Waals surface area contributed by atoms with E-state index < -0.39 is 12.0 Å². The van der Waals surface area contributed by atoms with Gasteiger partial charge in [-0.25, -0.2) is 0 Å². The molecular formula is C20H23NO3. The zero-order chi connectivity index (χ0) is 16.8. The van der Waals surface area contributed by atoms with Gasteiger partial charge in [-0.3, -0.25) is 9.69 Å². The van der Waals surface area contributed by atoms with Crippen molar-refractivity contribution in [2.75, 3.05) is 13.1 Å². The van der Waals surface area contributed by atoms with Crippen LogP contribution in [-0.2, 0) is 11.4 Å². The van der Waals surface area contributed by atoms with E-state index in [-0.39, 0.29) is 0 Å². The lowest BCUT2D eigenvalue weighted by molar-refractivity contribution is -0.144. The van der Waals surface area contributed by atoms with Crippen LogP contribution in [0.5, 0.6) is 5.75 Å². The monoisotopic (exact) mass is 325 g/mol. The average Bonchev–Trinajstić information content (AvgIpc) is 2.63. The van der Waals surface area contributed by atoms with E-state index >= 15 is 0 Å². The summed E-state index contributed by atoms with van der Waals surface area (Å²) in [6.45, 7) is 2.21. The summed E-state index contributed by atoms with van der Waals surface area (Å²) in [6, 6.07) is 16.9. The molecule has 0 bridgehead atoms. The van der Waals surface area contributed by atoms with Crippen molar-refractivity contribution in [2.45, 2.75) is 31.9 Å². The van der Waals surface area contributed by atoms with Gasteiger partial charge in [0.25, 0.3) is 0 Å². The van der Waals surface area contributed by atoms with Crippen molar-refractivity contribution in [1.29, 1.82) is 0 Å². The number of hydrogen-bond donors (Lipinski definition) is 1. The Kier molecular flexibility index (Phi) is 5.49. The third-order valence-electron chi connectivity index (χ3n) is 4.43. The molecule has 2 aromatic carbocycles. The summed E-state index contributed by atoms with van der Waals surface area (Å²) in [5.74, 6) is -0.0276. The zero-order valence-corrected chi connectivity index (χ0v) is 13.7. The second-order valence-electron chi connectivity index (χ2n) is 6.18. The molecule has 3 rings (SSSR count). The zero-order valence-electron chi connectivity index (χ0n) is 13.7. The molecule has 1 aliphatic heterocycles. The molecule has 1 fully saturated rings. The summed E-state index contributed by atoms with van der Waals surface area (Å²) in [6.07, 6.45) is 3.33. The Bertz CT molecular complexity index is 648. The van der Waals surface area contributed by atoms with Crippen LogP contribution in [0.1, 0.15) is 36.4 Å². The van der Waals surface area contributed by atoms with E-state index in [0.29, 0.717) is 6.61 Å². The minimum absolute atomic E-state index is 0.509. The lowest BCUT2D eigenvalue weighted by atomic mass is 10.0. The number of carboxylic acid groups (broad SMARTS) is 1. The lowest BCUT2D eigenvalue weighted by Gasteiger charge is -2.32. The van der Waals surface area contributed by atoms with Gasteiger partial charge in [0.15, 0.2) is 0 Å². The number of nitrogens with zero attached hydrogens (tertiary/aromatic N) is 1. The standard InChI is InChI=1S/C20H23NO3/c22-20(23)19(21-13-5-2-6-14-21)17-9-11-18(12-10-17)24-15-16-7-3-1-4-8-16/h1,3-4,7-12,19H,2,5-6,13-15H2,(H,22,23). The second-order valence-corrected chi connectivity index (χ2v) is 6.18. The maximum atomic E-state index is 11.7. The topological polar surface area (TPSA) is 49.8 Å². The Morgan fingerprint density at radius 1 is 1.00 bits per heavy atom. The molecule has 4 nitrogen and oxygen atoms in total. The van der Waals surface area contributed by atoms with Crippen LogP contribution in [0.4, 0.5) is 0 Å². The molecule has 1 N–H and O–H groups in total. The van der Waals surface area contributed by atoms with Crippen molar-refractivity contribution in [2.24, 2.45) is 0 Å². The van der Waals surface area contributed by atoms with Gasteiger partial charge in [0, 0.05) is 0 Å². The molecule has 0 aromatic heterocycles. The van der Waals surface area contributed by atoms with Crippen LogP contribution < -0.4 is 4.74 Å². The van der Waals surface area contributed by atoms with Gasteiger partial charge in [0.05, 0.1) is 0 Å². The SMILES string of the molecule is O=C(O)C(c1ccc(OCc2ccccc2)cc1)N1CCCCC1. The van der Waals surface area contributed by atoms with Crippen molar-refractivity contribution < 1.29 is 14.6 Å². The van der Waals surface area contributed by atoms with Gasteiger partial charge in [-0.2, -0.15) is 0 Å². The maximum Gasteiger partial charge on any atom is 0.325 e. The molecule has 1 aliphatic rings.